The predicted octanol–water partition coefficient (Wildman–Crippen LogP) is -2.62. The molecule has 5 N–H and O–H groups in total. The maximum Gasteiger partial charge on any atom is 0.172 e. The first-order valence-corrected chi connectivity index (χ1v) is 3.05. The SMILES string of the molecule is N[C@H]1[C@H](O)[C@@H](CO)O[C@H]1O. The van der Waals surface area contributed by atoms with Crippen molar-refractivity contribution in [2.45, 2.75) is 24.5 Å². The van der Waals surface area contributed by atoms with Gasteiger partial charge in [-0.2, -0.15) is 0 Å². The third-order valence-electron chi connectivity index (χ3n) is 1.60. The molecule has 1 aliphatic heterocycles. The third-order valence-corrected chi connectivity index (χ3v) is 1.60. The van der Waals surface area contributed by atoms with Gasteiger partial charge in [-0.3, -0.25) is 0 Å². The topological polar surface area (TPSA) is 95.9 Å². The molecule has 4 atom stereocenters. The number of hydrogen-bond acceptors (Lipinski definition) is 5. The van der Waals surface area contributed by atoms with Gasteiger partial charge in [-0.1, -0.05) is 0 Å². The van der Waals surface area contributed by atoms with Crippen molar-refractivity contribution in [1.82, 2.24) is 0 Å². The Morgan fingerprint density at radius 3 is 2.20 bits per heavy atom. The monoisotopic (exact) mass is 149 g/mol. The molecule has 10 heavy (non-hydrogen) atoms. The number of aliphatic hydroxyl groups excluding tert-OH is 3. The van der Waals surface area contributed by atoms with Gasteiger partial charge in [0.05, 0.1) is 12.6 Å². The summed E-state index contributed by atoms with van der Waals surface area (Å²) in [5.74, 6) is 0. The van der Waals surface area contributed by atoms with Crippen LogP contribution < -0.4 is 5.73 Å². The van der Waals surface area contributed by atoms with Crippen LogP contribution in [-0.4, -0.2) is 46.5 Å². The average molecular weight is 149 g/mol. The predicted molar refractivity (Wildman–Crippen MR) is 31.9 cm³/mol. The van der Waals surface area contributed by atoms with Gasteiger partial charge < -0.3 is 25.8 Å². The fourth-order valence-corrected chi connectivity index (χ4v) is 0.918. The van der Waals surface area contributed by atoms with Gasteiger partial charge >= 0.3 is 0 Å². The lowest BCUT2D eigenvalue weighted by Crippen LogP contribution is -2.40. The van der Waals surface area contributed by atoms with Gasteiger partial charge in [0.2, 0.25) is 0 Å². The van der Waals surface area contributed by atoms with Crippen LogP contribution in [0.4, 0.5) is 0 Å². The van der Waals surface area contributed by atoms with Crippen LogP contribution in [0.5, 0.6) is 0 Å². The minimum atomic E-state index is -1.16. The zero-order chi connectivity index (χ0) is 7.72. The highest BCUT2D eigenvalue weighted by atomic mass is 16.6. The molecule has 0 unspecified atom stereocenters. The van der Waals surface area contributed by atoms with Crippen LogP contribution >= 0.6 is 0 Å². The minimum Gasteiger partial charge on any atom is -0.394 e. The molecule has 0 aromatic heterocycles. The molecule has 1 rings (SSSR count). The summed E-state index contributed by atoms with van der Waals surface area (Å²) < 4.78 is 4.67. The second-order valence-corrected chi connectivity index (χ2v) is 2.32. The van der Waals surface area contributed by atoms with Gasteiger partial charge in [-0.15, -0.1) is 0 Å². The summed E-state index contributed by atoms with van der Waals surface area (Å²) >= 11 is 0. The van der Waals surface area contributed by atoms with E-state index < -0.39 is 24.5 Å². The normalized spacial score (nSPS) is 48.0. The number of aliphatic hydroxyl groups is 3. The van der Waals surface area contributed by atoms with Gasteiger partial charge in [0.25, 0.3) is 0 Å². The van der Waals surface area contributed by atoms with Crippen LogP contribution in [0.1, 0.15) is 0 Å². The maximum absolute atomic E-state index is 9.06. The molecule has 0 bridgehead atoms. The third kappa shape index (κ3) is 1.14. The maximum atomic E-state index is 9.06. The molecule has 0 aliphatic carbocycles. The zero-order valence-electron chi connectivity index (χ0n) is 5.34. The Balaban J connectivity index is 2.53. The van der Waals surface area contributed by atoms with E-state index in [0.717, 1.165) is 0 Å². The van der Waals surface area contributed by atoms with E-state index in [0.29, 0.717) is 0 Å². The number of hydrogen-bond donors (Lipinski definition) is 4. The van der Waals surface area contributed by atoms with Gasteiger partial charge in [0.1, 0.15) is 12.2 Å². The Morgan fingerprint density at radius 1 is 1.40 bits per heavy atom. The molecule has 1 aliphatic rings. The highest BCUT2D eigenvalue weighted by Gasteiger charge is 2.39. The molecule has 60 valence electrons. The van der Waals surface area contributed by atoms with Crippen molar-refractivity contribution >= 4 is 0 Å². The van der Waals surface area contributed by atoms with Crippen LogP contribution in [0.3, 0.4) is 0 Å². The Hall–Kier alpha value is -0.200. The fraction of sp³-hybridized carbons (Fsp3) is 1.00. The summed E-state index contributed by atoms with van der Waals surface area (Å²) in [7, 11) is 0. The van der Waals surface area contributed by atoms with E-state index in [1.54, 1.807) is 0 Å². The number of nitrogens with two attached hydrogens (primary N) is 1. The van der Waals surface area contributed by atoms with Crippen LogP contribution in [-0.2, 0) is 4.74 Å². The highest BCUT2D eigenvalue weighted by Crippen LogP contribution is 2.16. The van der Waals surface area contributed by atoms with E-state index in [1.165, 1.54) is 0 Å². The van der Waals surface area contributed by atoms with Crippen LogP contribution in [0.15, 0.2) is 0 Å². The van der Waals surface area contributed by atoms with E-state index >= 15 is 0 Å². The van der Waals surface area contributed by atoms with E-state index in [2.05, 4.69) is 4.74 Å². The molecule has 0 amide bonds. The zero-order valence-corrected chi connectivity index (χ0v) is 5.34. The molecular weight excluding hydrogens is 138 g/mol. The van der Waals surface area contributed by atoms with Gasteiger partial charge in [0.15, 0.2) is 6.29 Å². The van der Waals surface area contributed by atoms with E-state index in [-0.39, 0.29) is 6.61 Å². The van der Waals surface area contributed by atoms with Crippen molar-refractivity contribution < 1.29 is 20.1 Å². The molecule has 1 fully saturated rings. The lowest BCUT2D eigenvalue weighted by atomic mass is 10.1. The largest absolute Gasteiger partial charge is 0.394 e. The molecule has 0 saturated carbocycles. The van der Waals surface area contributed by atoms with Crippen molar-refractivity contribution in [3.05, 3.63) is 0 Å². The van der Waals surface area contributed by atoms with E-state index in [9.17, 15) is 0 Å². The van der Waals surface area contributed by atoms with E-state index in [1.807, 2.05) is 0 Å². The molecule has 0 spiro atoms. The molecule has 1 saturated heterocycles. The second-order valence-electron chi connectivity index (χ2n) is 2.32. The molecular formula is C5H11NO4. The van der Waals surface area contributed by atoms with Crippen LogP contribution in [0, 0.1) is 0 Å². The van der Waals surface area contributed by atoms with Crippen LogP contribution in [0.2, 0.25) is 0 Å². The van der Waals surface area contributed by atoms with E-state index in [4.69, 9.17) is 21.1 Å². The summed E-state index contributed by atoms with van der Waals surface area (Å²) in [5.41, 5.74) is 5.25. The highest BCUT2D eigenvalue weighted by molar-refractivity contribution is 4.88. The number of ether oxygens (including phenoxy) is 1. The standard InChI is InChI=1S/C5H11NO4/c6-3-4(8)2(1-7)10-5(3)9/h2-5,7-9H,1,6H2/t2-,3+,4-,5-/m1/s1. The Labute approximate surface area is 58.0 Å². The smallest absolute Gasteiger partial charge is 0.172 e. The first-order valence-electron chi connectivity index (χ1n) is 3.05. The molecule has 5 nitrogen and oxygen atoms in total. The quantitative estimate of drug-likeness (QED) is 0.327. The van der Waals surface area contributed by atoms with Crippen molar-refractivity contribution in [3.8, 4) is 0 Å². The first kappa shape index (κ1) is 7.90. The first-order chi connectivity index (χ1) is 4.66. The minimum absolute atomic E-state index is 0.327. The van der Waals surface area contributed by atoms with Gasteiger partial charge in [0, 0.05) is 0 Å². The van der Waals surface area contributed by atoms with Crippen molar-refractivity contribution in [2.24, 2.45) is 5.73 Å². The van der Waals surface area contributed by atoms with Gasteiger partial charge in [-0.25, -0.2) is 0 Å². The van der Waals surface area contributed by atoms with Crippen molar-refractivity contribution in [1.29, 1.82) is 0 Å². The number of rotatable bonds is 1. The molecule has 0 aromatic rings. The fourth-order valence-electron chi connectivity index (χ4n) is 0.918. The summed E-state index contributed by atoms with van der Waals surface area (Å²) in [6.45, 7) is -0.327. The molecule has 1 heterocycles. The van der Waals surface area contributed by atoms with Crippen molar-refractivity contribution in [3.63, 3.8) is 0 Å². The molecule has 0 aromatic carbocycles. The Bertz CT molecular complexity index is 120. The van der Waals surface area contributed by atoms with Crippen LogP contribution in [0.25, 0.3) is 0 Å². The summed E-state index contributed by atoms with van der Waals surface area (Å²) in [5, 5.41) is 26.4. The van der Waals surface area contributed by atoms with Crippen molar-refractivity contribution in [2.75, 3.05) is 6.61 Å². The lowest BCUT2D eigenvalue weighted by Gasteiger charge is -2.10. The summed E-state index contributed by atoms with van der Waals surface area (Å²) in [6.07, 6.45) is -2.88. The summed E-state index contributed by atoms with van der Waals surface area (Å²) in [4.78, 5) is 0. The second kappa shape index (κ2) is 2.81. The molecule has 5 heteroatoms. The lowest BCUT2D eigenvalue weighted by molar-refractivity contribution is -0.110. The molecule has 0 radical (unpaired) electrons. The van der Waals surface area contributed by atoms with Gasteiger partial charge in [-0.05, 0) is 0 Å². The average Bonchev–Trinajstić information content (AvgIpc) is 2.17. The Morgan fingerprint density at radius 2 is 2.00 bits per heavy atom. The Kier molecular flexibility index (Phi) is 2.22. The summed E-state index contributed by atoms with van der Waals surface area (Å²) in [6, 6.07) is -0.808.